The van der Waals surface area contributed by atoms with Crippen LogP contribution in [0.5, 0.6) is 34.5 Å². The molecule has 3 heterocycles. The number of ether oxygens (including phenoxy) is 3. The zero-order valence-corrected chi connectivity index (χ0v) is 46.5. The summed E-state index contributed by atoms with van der Waals surface area (Å²) in [6, 6.07) is 61.5. The molecule has 3 aliphatic carbocycles. The Morgan fingerprint density at radius 3 is 1.42 bits per heavy atom. The van der Waals surface area contributed by atoms with E-state index in [-0.39, 0.29) is 16.2 Å². The van der Waals surface area contributed by atoms with E-state index in [1.165, 1.54) is 86.5 Å². The van der Waals surface area contributed by atoms with Crippen LogP contribution in [0.4, 0.5) is 17.1 Å². The lowest BCUT2D eigenvalue weighted by molar-refractivity contribution is 0.360. The van der Waals surface area contributed by atoms with E-state index in [2.05, 4.69) is 212 Å². The van der Waals surface area contributed by atoms with Gasteiger partial charge >= 0.3 is 0 Å². The third-order valence-electron chi connectivity index (χ3n) is 18.2. The molecule has 9 aromatic carbocycles. The molecule has 0 saturated heterocycles. The molecule has 4 nitrogen and oxygen atoms in total. The molecule has 0 spiro atoms. The molecular formula is C67H57NO3SSi2. The van der Waals surface area contributed by atoms with Crippen LogP contribution in [0.25, 0.3) is 33.4 Å². The van der Waals surface area contributed by atoms with Gasteiger partial charge in [-0.05, 0) is 143 Å². The van der Waals surface area contributed by atoms with Crippen molar-refractivity contribution < 1.29 is 14.2 Å². The fourth-order valence-corrected chi connectivity index (χ4v) is 22.4. The van der Waals surface area contributed by atoms with Crippen molar-refractivity contribution in [3.8, 4) is 67.9 Å². The minimum atomic E-state index is -2.05. The van der Waals surface area contributed by atoms with Crippen LogP contribution in [0.15, 0.2) is 174 Å². The number of hydrogen-bond donors (Lipinski definition) is 0. The van der Waals surface area contributed by atoms with Gasteiger partial charge in [0, 0.05) is 54.2 Å². The Kier molecular flexibility index (Phi) is 8.79. The maximum absolute atomic E-state index is 7.02. The largest absolute Gasteiger partial charge is 0.457 e. The fourth-order valence-electron chi connectivity index (χ4n) is 14.1. The monoisotopic (exact) mass is 1010 g/mol. The van der Waals surface area contributed by atoms with Crippen molar-refractivity contribution in [1.29, 1.82) is 0 Å². The highest BCUT2D eigenvalue weighted by Gasteiger charge is 2.47. The highest BCUT2D eigenvalue weighted by atomic mass is 32.2. The molecule has 3 aliphatic heterocycles. The number of fused-ring (bicyclic) bond motifs is 18. The van der Waals surface area contributed by atoms with Gasteiger partial charge in [-0.2, -0.15) is 0 Å². The second kappa shape index (κ2) is 14.6. The molecule has 7 heteroatoms. The molecule has 15 rings (SSSR count). The maximum Gasteiger partial charge on any atom is 0.178 e. The van der Waals surface area contributed by atoms with Gasteiger partial charge in [-0.1, -0.05) is 177 Å². The lowest BCUT2D eigenvalue weighted by Gasteiger charge is -2.34. The molecular weight excluding hydrogens is 955 g/mol. The molecule has 0 N–H and O–H groups in total. The quantitative estimate of drug-likeness (QED) is 0.165. The first-order chi connectivity index (χ1) is 35.5. The first-order valence-electron chi connectivity index (χ1n) is 26.2. The zero-order valence-electron chi connectivity index (χ0n) is 43.7. The average molecular weight is 1010 g/mol. The Labute approximate surface area is 441 Å². The number of benzene rings is 9. The Bertz CT molecular complexity index is 3860. The van der Waals surface area contributed by atoms with Crippen molar-refractivity contribution in [2.24, 2.45) is 0 Å². The number of hydrogen-bond acceptors (Lipinski definition) is 5. The minimum Gasteiger partial charge on any atom is -0.457 e. The SMILES string of the molecule is CC1(C)c2cc(N(c3ccc4c(c3)C(C)(C)c3ccc5c(c3-4)Oc3ccccc3[Si]5(C)C)c3ccc4c(c3)C(C)(C)c3ccc5c(c3-4)Sc3ccccc3[Si]5(C)C)ccc2-c2c1ccc1c2Oc2ccccc2O1. The molecule has 0 fully saturated rings. The van der Waals surface area contributed by atoms with E-state index in [1.807, 2.05) is 36.0 Å². The van der Waals surface area contributed by atoms with E-state index >= 15 is 0 Å². The summed E-state index contributed by atoms with van der Waals surface area (Å²) in [5.41, 5.74) is 18.1. The fraction of sp³-hybridized carbons (Fsp3) is 0.194. The predicted molar refractivity (Wildman–Crippen MR) is 311 cm³/mol. The summed E-state index contributed by atoms with van der Waals surface area (Å²) in [5.74, 6) is 5.06. The van der Waals surface area contributed by atoms with Gasteiger partial charge in [-0.25, -0.2) is 0 Å². The second-order valence-corrected chi connectivity index (χ2v) is 33.7. The van der Waals surface area contributed by atoms with Crippen molar-refractivity contribution in [3.63, 3.8) is 0 Å². The van der Waals surface area contributed by atoms with Gasteiger partial charge in [0.15, 0.2) is 23.0 Å². The minimum absolute atomic E-state index is 0.220. The van der Waals surface area contributed by atoms with Crippen LogP contribution in [0.1, 0.15) is 74.9 Å². The van der Waals surface area contributed by atoms with E-state index < -0.39 is 16.1 Å². The van der Waals surface area contributed by atoms with Gasteiger partial charge in [-0.3, -0.25) is 0 Å². The van der Waals surface area contributed by atoms with Gasteiger partial charge in [0.2, 0.25) is 0 Å². The molecule has 0 amide bonds. The average Bonchev–Trinajstić information content (AvgIpc) is 3.89. The summed E-state index contributed by atoms with van der Waals surface area (Å²) < 4.78 is 20.3. The number of nitrogens with zero attached hydrogens (tertiary/aromatic N) is 1. The Morgan fingerprint density at radius 1 is 0.365 bits per heavy atom. The van der Waals surface area contributed by atoms with E-state index in [9.17, 15) is 0 Å². The summed E-state index contributed by atoms with van der Waals surface area (Å²) in [6.07, 6.45) is 0. The van der Waals surface area contributed by atoms with Crippen molar-refractivity contribution >= 4 is 65.7 Å². The van der Waals surface area contributed by atoms with Gasteiger partial charge in [0.05, 0.1) is 0 Å². The molecule has 9 aromatic rings. The Morgan fingerprint density at radius 2 is 0.811 bits per heavy atom. The molecule has 0 aromatic heterocycles. The number of rotatable bonds is 3. The second-order valence-electron chi connectivity index (χ2n) is 24.0. The first-order valence-corrected chi connectivity index (χ1v) is 33.0. The smallest absolute Gasteiger partial charge is 0.178 e. The summed E-state index contributed by atoms with van der Waals surface area (Å²) in [4.78, 5) is 5.39. The van der Waals surface area contributed by atoms with Crippen molar-refractivity contribution in [2.45, 2.75) is 93.8 Å². The van der Waals surface area contributed by atoms with Gasteiger partial charge in [-0.15, -0.1) is 0 Å². The first kappa shape index (κ1) is 44.4. The highest BCUT2D eigenvalue weighted by molar-refractivity contribution is 8.00. The van der Waals surface area contributed by atoms with Crippen molar-refractivity contribution in [1.82, 2.24) is 0 Å². The molecule has 0 radical (unpaired) electrons. The molecule has 362 valence electrons. The summed E-state index contributed by atoms with van der Waals surface area (Å²) in [6.45, 7) is 24.4. The molecule has 0 saturated carbocycles. The van der Waals surface area contributed by atoms with Gasteiger partial charge in [0.25, 0.3) is 0 Å². The van der Waals surface area contributed by atoms with Gasteiger partial charge < -0.3 is 19.1 Å². The lowest BCUT2D eigenvalue weighted by Crippen LogP contribution is -2.56. The summed E-state index contributed by atoms with van der Waals surface area (Å²) in [7, 11) is -4.00. The van der Waals surface area contributed by atoms with E-state index in [4.69, 9.17) is 14.2 Å². The molecule has 0 atom stereocenters. The van der Waals surface area contributed by atoms with Crippen LogP contribution in [0, 0.1) is 0 Å². The Hall–Kier alpha value is -7.04. The molecule has 6 aliphatic rings. The zero-order chi connectivity index (χ0) is 50.6. The number of para-hydroxylation sites is 3. The third kappa shape index (κ3) is 5.70. The van der Waals surface area contributed by atoms with Crippen LogP contribution in [-0.4, -0.2) is 16.1 Å². The van der Waals surface area contributed by atoms with Crippen LogP contribution in [0.2, 0.25) is 26.2 Å². The third-order valence-corrected chi connectivity index (χ3v) is 26.9. The van der Waals surface area contributed by atoms with Crippen LogP contribution in [-0.2, 0) is 16.2 Å². The standard InChI is InChI=1S/C67H57NO3SSi2/c1-65(2)44-29-32-53-62(70-51-18-12-11-17-50(51)69-53)59(44)41-26-23-38(35-47(41)65)68(39-24-27-42-48(36-39)66(3,4)45-30-33-57-63(60(42)45)71-52-19-13-15-21-55(52)73(57,7)8)40-25-28-43-49(37-40)67(5,6)46-31-34-58-64(61(43)46)72-54-20-14-16-22-56(54)74(58,9)10/h11-37H,1-10H3. The van der Waals surface area contributed by atoms with Crippen molar-refractivity contribution in [2.75, 3.05) is 4.90 Å². The molecule has 74 heavy (non-hydrogen) atoms. The Balaban J connectivity index is 0.914. The normalized spacial score (nSPS) is 17.6. The summed E-state index contributed by atoms with van der Waals surface area (Å²) in [5, 5.41) is 5.81. The summed E-state index contributed by atoms with van der Waals surface area (Å²) >= 11 is 1.98. The maximum atomic E-state index is 7.02. The van der Waals surface area contributed by atoms with E-state index in [0.29, 0.717) is 0 Å². The van der Waals surface area contributed by atoms with Crippen molar-refractivity contribution in [3.05, 3.63) is 197 Å². The highest BCUT2D eigenvalue weighted by Crippen LogP contribution is 2.61. The van der Waals surface area contributed by atoms with Crippen LogP contribution < -0.4 is 39.9 Å². The van der Waals surface area contributed by atoms with Crippen LogP contribution >= 0.6 is 11.8 Å². The van der Waals surface area contributed by atoms with E-state index in [0.717, 1.165) is 57.1 Å². The van der Waals surface area contributed by atoms with Gasteiger partial charge in [0.1, 0.15) is 27.6 Å². The molecule has 0 bridgehead atoms. The molecule has 0 unspecified atom stereocenters. The van der Waals surface area contributed by atoms with E-state index in [1.54, 1.807) is 5.19 Å². The van der Waals surface area contributed by atoms with Crippen LogP contribution in [0.3, 0.4) is 0 Å². The predicted octanol–water partition coefficient (Wildman–Crippen LogP) is 16.2. The number of anilines is 3. The lowest BCUT2D eigenvalue weighted by atomic mass is 9.81. The topological polar surface area (TPSA) is 30.9 Å².